The summed E-state index contributed by atoms with van der Waals surface area (Å²) in [6, 6.07) is 0. The molecule has 0 fully saturated rings. The fourth-order valence-electron chi connectivity index (χ4n) is 2.47. The highest BCUT2D eigenvalue weighted by atomic mass is 35.5. The summed E-state index contributed by atoms with van der Waals surface area (Å²) < 4.78 is 22.0. The van der Waals surface area contributed by atoms with Gasteiger partial charge < -0.3 is 5.32 Å². The number of fused-ring (bicyclic) bond motifs is 2. The molecule has 0 atom stereocenters. The van der Waals surface area contributed by atoms with Gasteiger partial charge in [-0.3, -0.25) is 0 Å². The average Bonchev–Trinajstić information content (AvgIpc) is 2.74. The van der Waals surface area contributed by atoms with Crippen molar-refractivity contribution in [2.24, 2.45) is 0 Å². The quantitative estimate of drug-likeness (QED) is 0.792. The summed E-state index contributed by atoms with van der Waals surface area (Å²) in [7, 11) is 0. The minimum Gasteiger partial charge on any atom is -0.372 e. The van der Waals surface area contributed by atoms with E-state index >= 15 is 0 Å². The molecule has 1 aliphatic carbocycles. The average molecular weight is 252 g/mol. The Morgan fingerprint density at radius 2 is 2.18 bits per heavy atom. The van der Waals surface area contributed by atoms with Crippen LogP contribution in [0.3, 0.4) is 0 Å². The number of hydrogen-bond acceptors (Lipinski definition) is 4. The molecule has 0 spiro atoms. The minimum absolute atomic E-state index is 0.00547. The molecular weight excluding hydrogens is 236 g/mol. The first-order valence-electron chi connectivity index (χ1n) is 6.99. The van der Waals surface area contributed by atoms with Crippen molar-refractivity contribution in [2.45, 2.75) is 26.2 Å². The normalized spacial score (nSPS) is 17.4. The van der Waals surface area contributed by atoms with Crippen molar-refractivity contribution in [1.82, 2.24) is 15.0 Å². The largest absolute Gasteiger partial charge is 0.372 e. The first kappa shape index (κ1) is 7.82. The molecule has 0 bridgehead atoms. The number of hydrogen-bond donors (Lipinski definition) is 1. The van der Waals surface area contributed by atoms with Crippen LogP contribution in [-0.2, 0) is 12.8 Å². The van der Waals surface area contributed by atoms with E-state index in [9.17, 15) is 0 Å². The minimum atomic E-state index is -2.34. The SMILES string of the molecule is [2H]C([2H])([2H])Nc1nc(Cl)nc2nc3c(c(C)c12)CCC3. The van der Waals surface area contributed by atoms with Crippen molar-refractivity contribution in [3.8, 4) is 0 Å². The lowest BCUT2D eigenvalue weighted by Gasteiger charge is -2.11. The van der Waals surface area contributed by atoms with Crippen LogP contribution in [-0.4, -0.2) is 21.9 Å². The van der Waals surface area contributed by atoms with Crippen molar-refractivity contribution < 1.29 is 4.11 Å². The van der Waals surface area contributed by atoms with Crippen molar-refractivity contribution >= 4 is 28.5 Å². The topological polar surface area (TPSA) is 50.7 Å². The Balaban J connectivity index is 2.29. The van der Waals surface area contributed by atoms with Crippen LogP contribution < -0.4 is 5.32 Å². The molecule has 0 saturated carbocycles. The smallest absolute Gasteiger partial charge is 0.226 e. The molecule has 0 unspecified atom stereocenters. The number of halogens is 1. The molecule has 0 amide bonds. The third-order valence-corrected chi connectivity index (χ3v) is 3.41. The molecule has 2 aromatic rings. The second kappa shape index (κ2) is 3.81. The maximum atomic E-state index is 7.34. The third kappa shape index (κ3) is 1.55. The van der Waals surface area contributed by atoms with Gasteiger partial charge >= 0.3 is 0 Å². The van der Waals surface area contributed by atoms with Gasteiger partial charge in [-0.2, -0.15) is 4.98 Å². The number of aromatic nitrogens is 3. The Bertz CT molecular complexity index is 699. The first-order chi connectivity index (χ1) is 9.35. The fraction of sp³-hybridized carbons (Fsp3) is 0.417. The van der Waals surface area contributed by atoms with E-state index in [1.807, 2.05) is 6.92 Å². The highest BCUT2D eigenvalue weighted by Crippen LogP contribution is 2.32. The van der Waals surface area contributed by atoms with E-state index in [4.69, 9.17) is 15.7 Å². The summed E-state index contributed by atoms with van der Waals surface area (Å²) in [5, 5.41) is 3.06. The number of pyridine rings is 1. The fourth-order valence-corrected chi connectivity index (χ4v) is 2.64. The number of rotatable bonds is 1. The van der Waals surface area contributed by atoms with Gasteiger partial charge in [0.1, 0.15) is 5.82 Å². The lowest BCUT2D eigenvalue weighted by Crippen LogP contribution is -2.02. The Kier molecular flexibility index (Phi) is 1.75. The van der Waals surface area contributed by atoms with E-state index in [0.717, 1.165) is 30.5 Å². The summed E-state index contributed by atoms with van der Waals surface area (Å²) in [4.78, 5) is 12.6. The highest BCUT2D eigenvalue weighted by Gasteiger charge is 2.20. The van der Waals surface area contributed by atoms with Gasteiger partial charge in [-0.05, 0) is 48.9 Å². The van der Waals surface area contributed by atoms with Gasteiger partial charge in [0.25, 0.3) is 0 Å². The first-order valence-corrected chi connectivity index (χ1v) is 5.87. The van der Waals surface area contributed by atoms with Crippen LogP contribution in [0.1, 0.15) is 27.4 Å². The molecule has 5 heteroatoms. The number of nitrogens with zero attached hydrogens (tertiary/aromatic N) is 3. The van der Waals surface area contributed by atoms with Crippen LogP contribution in [0.25, 0.3) is 11.0 Å². The predicted molar refractivity (Wildman–Crippen MR) is 68.7 cm³/mol. The Hall–Kier alpha value is -1.42. The molecular formula is C12H13ClN4. The second-order valence-electron chi connectivity index (χ2n) is 4.18. The summed E-state index contributed by atoms with van der Waals surface area (Å²) in [6.45, 7) is -0.383. The third-order valence-electron chi connectivity index (χ3n) is 3.24. The molecule has 3 rings (SSSR count). The van der Waals surface area contributed by atoms with E-state index in [0.29, 0.717) is 11.0 Å². The van der Waals surface area contributed by atoms with E-state index in [1.54, 1.807) is 0 Å². The van der Waals surface area contributed by atoms with E-state index in [2.05, 4.69) is 20.3 Å². The van der Waals surface area contributed by atoms with Crippen molar-refractivity contribution in [2.75, 3.05) is 12.3 Å². The Labute approximate surface area is 109 Å². The molecule has 0 aromatic carbocycles. The van der Waals surface area contributed by atoms with Gasteiger partial charge in [0.15, 0.2) is 5.65 Å². The van der Waals surface area contributed by atoms with Crippen LogP contribution in [0.4, 0.5) is 5.82 Å². The van der Waals surface area contributed by atoms with Crippen molar-refractivity contribution in [3.63, 3.8) is 0 Å². The Morgan fingerprint density at radius 1 is 1.29 bits per heavy atom. The van der Waals surface area contributed by atoms with Crippen LogP contribution in [0.15, 0.2) is 0 Å². The summed E-state index contributed by atoms with van der Waals surface area (Å²) in [6.07, 6.45) is 2.94. The van der Waals surface area contributed by atoms with Gasteiger partial charge in [-0.25, -0.2) is 9.97 Å². The second-order valence-corrected chi connectivity index (χ2v) is 4.52. The van der Waals surface area contributed by atoms with Gasteiger partial charge in [-0.15, -0.1) is 0 Å². The molecule has 17 heavy (non-hydrogen) atoms. The highest BCUT2D eigenvalue weighted by molar-refractivity contribution is 6.28. The zero-order valence-corrected chi connectivity index (χ0v) is 10.1. The molecule has 2 aromatic heterocycles. The maximum Gasteiger partial charge on any atom is 0.226 e. The Morgan fingerprint density at radius 3 is 3.00 bits per heavy atom. The van der Waals surface area contributed by atoms with E-state index in [1.165, 1.54) is 5.56 Å². The molecule has 1 aliphatic rings. The van der Waals surface area contributed by atoms with Gasteiger partial charge in [0.2, 0.25) is 5.28 Å². The number of anilines is 1. The molecule has 0 radical (unpaired) electrons. The van der Waals surface area contributed by atoms with Gasteiger partial charge in [0, 0.05) is 16.8 Å². The van der Waals surface area contributed by atoms with Crippen LogP contribution in [0.5, 0.6) is 0 Å². The van der Waals surface area contributed by atoms with Crippen LogP contribution in [0, 0.1) is 6.92 Å². The zero-order chi connectivity index (χ0) is 14.5. The molecule has 4 nitrogen and oxygen atoms in total. The molecule has 0 saturated heterocycles. The lowest BCUT2D eigenvalue weighted by molar-refractivity contribution is 0.899. The summed E-state index contributed by atoms with van der Waals surface area (Å²) >= 11 is 5.87. The number of aryl methyl sites for hydroxylation is 2. The molecule has 88 valence electrons. The maximum absolute atomic E-state index is 7.34. The molecule has 0 aliphatic heterocycles. The van der Waals surface area contributed by atoms with Crippen LogP contribution >= 0.6 is 11.6 Å². The number of nitrogens with one attached hydrogen (secondary N) is 1. The lowest BCUT2D eigenvalue weighted by atomic mass is 10.1. The summed E-state index contributed by atoms with van der Waals surface area (Å²) in [5.74, 6) is 0.222. The van der Waals surface area contributed by atoms with Crippen molar-refractivity contribution in [1.29, 1.82) is 0 Å². The van der Waals surface area contributed by atoms with Gasteiger partial charge in [0.05, 0.1) is 5.39 Å². The van der Waals surface area contributed by atoms with Crippen LogP contribution in [0.2, 0.25) is 5.28 Å². The monoisotopic (exact) mass is 251 g/mol. The predicted octanol–water partition coefficient (Wildman–Crippen LogP) is 2.52. The van der Waals surface area contributed by atoms with Gasteiger partial charge in [-0.1, -0.05) is 0 Å². The van der Waals surface area contributed by atoms with Crippen molar-refractivity contribution in [3.05, 3.63) is 22.1 Å². The molecule has 2 heterocycles. The standard InChI is InChI=1S/C12H13ClN4/c1-6-7-4-3-5-8(7)15-11-9(6)10(14-2)16-12(13)17-11/h3-5H2,1-2H3,(H,14,15,16,17)/i2D3. The van der Waals surface area contributed by atoms with E-state index < -0.39 is 6.98 Å². The summed E-state index contributed by atoms with van der Waals surface area (Å²) in [5.41, 5.74) is 3.66. The van der Waals surface area contributed by atoms with E-state index in [-0.39, 0.29) is 11.1 Å². The zero-order valence-electron chi connectivity index (χ0n) is 12.3. The molecule has 1 N–H and O–H groups in total.